The lowest BCUT2D eigenvalue weighted by Gasteiger charge is -2.14. The number of amidine groups is 2. The van der Waals surface area contributed by atoms with E-state index >= 15 is 0 Å². The molecule has 1 amide bonds. The van der Waals surface area contributed by atoms with E-state index in [0.29, 0.717) is 29.6 Å². The first-order chi connectivity index (χ1) is 11.8. The molecule has 0 aromatic heterocycles. The second-order valence-electron chi connectivity index (χ2n) is 5.44. The predicted molar refractivity (Wildman–Crippen MR) is 94.6 cm³/mol. The van der Waals surface area contributed by atoms with Crippen LogP contribution in [0, 0.1) is 0 Å². The lowest BCUT2D eigenvalue weighted by molar-refractivity contribution is -0.111. The standard InChI is InChI=1S/C18H14N4O2/c1-2-7-24-14-9-12-6-4-3-5-11(12)8-13(14)16-21-17-15(18(23)22-16)19-10-20-17/h3-6,8-10H,2,7H2,1H3. The van der Waals surface area contributed by atoms with Crippen LogP contribution in [0.15, 0.2) is 56.4 Å². The average Bonchev–Trinajstić information content (AvgIpc) is 3.08. The quantitative estimate of drug-likeness (QED) is 0.869. The van der Waals surface area contributed by atoms with Gasteiger partial charge in [0.2, 0.25) is 0 Å². The van der Waals surface area contributed by atoms with Crippen LogP contribution in [-0.2, 0) is 4.79 Å². The molecule has 24 heavy (non-hydrogen) atoms. The van der Waals surface area contributed by atoms with Crippen molar-refractivity contribution < 1.29 is 9.53 Å². The van der Waals surface area contributed by atoms with Gasteiger partial charge in [0.1, 0.15) is 12.1 Å². The van der Waals surface area contributed by atoms with Gasteiger partial charge >= 0.3 is 5.91 Å². The van der Waals surface area contributed by atoms with Crippen LogP contribution in [0.3, 0.4) is 0 Å². The largest absolute Gasteiger partial charge is 0.493 e. The molecule has 0 unspecified atom stereocenters. The Balaban J connectivity index is 1.87. The molecule has 2 heterocycles. The number of hydrogen-bond donors (Lipinski definition) is 0. The van der Waals surface area contributed by atoms with Crippen molar-refractivity contribution in [1.29, 1.82) is 0 Å². The second-order valence-corrected chi connectivity index (χ2v) is 5.44. The van der Waals surface area contributed by atoms with Crippen LogP contribution < -0.4 is 4.74 Å². The molecule has 0 saturated carbocycles. The Morgan fingerprint density at radius 2 is 1.83 bits per heavy atom. The van der Waals surface area contributed by atoms with Gasteiger partial charge in [-0.25, -0.2) is 15.0 Å². The zero-order chi connectivity index (χ0) is 16.5. The van der Waals surface area contributed by atoms with Crippen LogP contribution in [0.2, 0.25) is 0 Å². The summed E-state index contributed by atoms with van der Waals surface area (Å²) in [5.74, 6) is 0.848. The van der Waals surface area contributed by atoms with E-state index in [0.717, 1.165) is 17.2 Å². The Hall–Kier alpha value is -3.15. The fourth-order valence-corrected chi connectivity index (χ4v) is 2.61. The Bertz CT molecular complexity index is 970. The third kappa shape index (κ3) is 2.42. The minimum absolute atomic E-state index is 0.190. The van der Waals surface area contributed by atoms with Crippen molar-refractivity contribution >= 4 is 40.4 Å². The van der Waals surface area contributed by atoms with Crippen LogP contribution in [0.1, 0.15) is 18.9 Å². The molecule has 2 aromatic rings. The summed E-state index contributed by atoms with van der Waals surface area (Å²) in [6.45, 7) is 2.62. The molecule has 0 atom stereocenters. The van der Waals surface area contributed by atoms with Gasteiger partial charge in [-0.2, -0.15) is 4.99 Å². The second kappa shape index (κ2) is 5.81. The minimum Gasteiger partial charge on any atom is -0.493 e. The number of fused-ring (bicyclic) bond motifs is 2. The number of carbonyl (C=O) groups is 1. The van der Waals surface area contributed by atoms with Crippen LogP contribution in [0.5, 0.6) is 5.75 Å². The van der Waals surface area contributed by atoms with Gasteiger partial charge in [0.15, 0.2) is 17.4 Å². The van der Waals surface area contributed by atoms with Crippen molar-refractivity contribution in [3.05, 3.63) is 42.0 Å². The summed E-state index contributed by atoms with van der Waals surface area (Å²) in [5.41, 5.74) is 0.875. The number of rotatable bonds is 4. The molecule has 0 N–H and O–H groups in total. The maximum absolute atomic E-state index is 12.1. The maximum atomic E-state index is 12.1. The molecule has 0 fully saturated rings. The number of benzene rings is 2. The lowest BCUT2D eigenvalue weighted by atomic mass is 10.0. The molecular weight excluding hydrogens is 304 g/mol. The molecule has 4 rings (SSSR count). The molecular formula is C18H14N4O2. The van der Waals surface area contributed by atoms with Gasteiger partial charge < -0.3 is 4.74 Å². The summed E-state index contributed by atoms with van der Waals surface area (Å²) in [5, 5.41) is 2.09. The van der Waals surface area contributed by atoms with E-state index in [4.69, 9.17) is 4.74 Å². The number of hydrogen-bond acceptors (Lipinski definition) is 5. The molecule has 0 radical (unpaired) electrons. The first-order valence-corrected chi connectivity index (χ1v) is 7.74. The van der Waals surface area contributed by atoms with Gasteiger partial charge in [-0.05, 0) is 29.3 Å². The molecule has 0 aliphatic carbocycles. The Labute approximate surface area is 138 Å². The molecule has 0 spiro atoms. The lowest BCUT2D eigenvalue weighted by Crippen LogP contribution is -2.26. The van der Waals surface area contributed by atoms with Gasteiger partial charge in [-0.15, -0.1) is 0 Å². The molecule has 0 bridgehead atoms. The fourth-order valence-electron chi connectivity index (χ4n) is 2.61. The normalized spacial score (nSPS) is 15.9. The number of aliphatic imine (C=N–C) groups is 4. The molecule has 6 nitrogen and oxygen atoms in total. The highest BCUT2D eigenvalue weighted by Crippen LogP contribution is 2.28. The zero-order valence-corrected chi connectivity index (χ0v) is 13.1. The van der Waals surface area contributed by atoms with E-state index in [2.05, 4.69) is 20.0 Å². The van der Waals surface area contributed by atoms with Crippen molar-refractivity contribution in [2.75, 3.05) is 6.61 Å². The molecule has 6 heteroatoms. The summed E-state index contributed by atoms with van der Waals surface area (Å²) < 4.78 is 5.86. The highest BCUT2D eigenvalue weighted by atomic mass is 16.5. The Kier molecular flexibility index (Phi) is 3.49. The van der Waals surface area contributed by atoms with Crippen molar-refractivity contribution in [3.8, 4) is 5.75 Å². The third-order valence-corrected chi connectivity index (χ3v) is 3.75. The number of carbonyl (C=O) groups excluding carboxylic acids is 1. The first-order valence-electron chi connectivity index (χ1n) is 7.74. The summed E-state index contributed by atoms with van der Waals surface area (Å²) in [4.78, 5) is 28.5. The number of nitrogens with zero attached hydrogens (tertiary/aromatic N) is 4. The molecule has 2 aliphatic heterocycles. The number of amides is 1. The summed E-state index contributed by atoms with van der Waals surface area (Å²) in [6.07, 6.45) is 2.20. The van der Waals surface area contributed by atoms with Crippen molar-refractivity contribution in [2.24, 2.45) is 20.0 Å². The zero-order valence-electron chi connectivity index (χ0n) is 13.1. The molecule has 118 valence electrons. The van der Waals surface area contributed by atoms with Gasteiger partial charge in [0.05, 0.1) is 12.2 Å². The van der Waals surface area contributed by atoms with Gasteiger partial charge in [-0.1, -0.05) is 31.2 Å². The van der Waals surface area contributed by atoms with Gasteiger partial charge in [-0.3, -0.25) is 4.79 Å². The van der Waals surface area contributed by atoms with Crippen LogP contribution in [0.4, 0.5) is 0 Å². The van der Waals surface area contributed by atoms with Crippen molar-refractivity contribution in [2.45, 2.75) is 13.3 Å². The molecule has 2 aliphatic rings. The van der Waals surface area contributed by atoms with E-state index in [1.54, 1.807) is 0 Å². The van der Waals surface area contributed by atoms with E-state index < -0.39 is 5.91 Å². The van der Waals surface area contributed by atoms with E-state index in [1.807, 2.05) is 43.3 Å². The highest BCUT2D eigenvalue weighted by Gasteiger charge is 2.27. The fraction of sp³-hybridized carbons (Fsp3) is 0.167. The van der Waals surface area contributed by atoms with E-state index in [-0.39, 0.29) is 5.71 Å². The first kappa shape index (κ1) is 14.4. The van der Waals surface area contributed by atoms with E-state index in [1.165, 1.54) is 6.34 Å². The topological polar surface area (TPSA) is 75.7 Å². The van der Waals surface area contributed by atoms with Crippen LogP contribution in [-0.4, -0.2) is 36.2 Å². The third-order valence-electron chi connectivity index (χ3n) is 3.75. The van der Waals surface area contributed by atoms with Crippen LogP contribution in [0.25, 0.3) is 10.8 Å². The Morgan fingerprint density at radius 1 is 1.04 bits per heavy atom. The average molecular weight is 318 g/mol. The SMILES string of the molecule is CCCOc1cc2ccccc2cc1C1=NC(=O)C2=NC=NC2=N1. The van der Waals surface area contributed by atoms with Gasteiger partial charge in [0, 0.05) is 0 Å². The minimum atomic E-state index is -0.429. The number of ether oxygens (including phenoxy) is 1. The summed E-state index contributed by atoms with van der Waals surface area (Å²) in [6, 6.07) is 11.9. The Morgan fingerprint density at radius 3 is 2.62 bits per heavy atom. The molecule has 2 aromatic carbocycles. The maximum Gasteiger partial charge on any atom is 0.301 e. The smallest absolute Gasteiger partial charge is 0.301 e. The van der Waals surface area contributed by atoms with Crippen molar-refractivity contribution in [3.63, 3.8) is 0 Å². The molecule has 0 saturated heterocycles. The predicted octanol–water partition coefficient (Wildman–Crippen LogP) is 2.80. The van der Waals surface area contributed by atoms with Gasteiger partial charge in [0.25, 0.3) is 0 Å². The van der Waals surface area contributed by atoms with Crippen LogP contribution >= 0.6 is 0 Å². The van der Waals surface area contributed by atoms with Crippen molar-refractivity contribution in [1.82, 2.24) is 0 Å². The highest BCUT2D eigenvalue weighted by molar-refractivity contribution is 6.71. The summed E-state index contributed by atoms with van der Waals surface area (Å²) in [7, 11) is 0. The monoisotopic (exact) mass is 318 g/mol. The van der Waals surface area contributed by atoms with E-state index in [9.17, 15) is 4.79 Å². The summed E-state index contributed by atoms with van der Waals surface area (Å²) >= 11 is 0.